The second-order valence-electron chi connectivity index (χ2n) is 9.18. The average Bonchev–Trinajstić information content (AvgIpc) is 2.77. The molecule has 0 fully saturated rings. The van der Waals surface area contributed by atoms with Crippen molar-refractivity contribution in [1.82, 2.24) is 0 Å². The Kier molecular flexibility index (Phi) is 17.0. The third kappa shape index (κ3) is 13.5. The Morgan fingerprint density at radius 3 is 1.58 bits per heavy atom. The number of hydrogen-bond acceptors (Lipinski definition) is 3. The molecule has 1 unspecified atom stereocenters. The smallest absolute Gasteiger partial charge is 0.321 e. The highest BCUT2D eigenvalue weighted by Gasteiger charge is 2.28. The standard InChI is InChI=1S/C27H49N.H2O4S/c1-6-11-12-13-14-15-16-17-18-19-22-27(28,10-5)26-21-20-23(7-2)24(8-3)25(26)9-4;1-5(2,3)4/h20-21H,6-19,22,28H2,1-5H3;(H2,1,2,3,4). The van der Waals surface area contributed by atoms with E-state index in [-0.39, 0.29) is 5.54 Å². The van der Waals surface area contributed by atoms with Crippen LogP contribution < -0.4 is 5.73 Å². The minimum atomic E-state index is -4.67. The van der Waals surface area contributed by atoms with E-state index >= 15 is 0 Å². The topological polar surface area (TPSA) is 101 Å². The SMILES string of the molecule is CCCCCCCCCCCCC(N)(CC)c1ccc(CC)c(CC)c1CC.O=S(=O)(O)O. The van der Waals surface area contributed by atoms with Crippen molar-refractivity contribution in [3.8, 4) is 0 Å². The molecule has 1 atom stereocenters. The lowest BCUT2D eigenvalue weighted by molar-refractivity contribution is 0.369. The maximum absolute atomic E-state index is 8.74. The molecule has 0 heterocycles. The van der Waals surface area contributed by atoms with Crippen LogP contribution in [0.5, 0.6) is 0 Å². The highest BCUT2D eigenvalue weighted by atomic mass is 32.3. The minimum absolute atomic E-state index is 0.151. The zero-order valence-corrected chi connectivity index (χ0v) is 22.8. The van der Waals surface area contributed by atoms with Gasteiger partial charge in [0.1, 0.15) is 0 Å². The molecule has 0 aliphatic heterocycles. The molecule has 0 spiro atoms. The molecule has 0 amide bonds. The zero-order valence-electron chi connectivity index (χ0n) is 22.0. The van der Waals surface area contributed by atoms with Crippen LogP contribution in [0.2, 0.25) is 0 Å². The Morgan fingerprint density at radius 1 is 0.727 bits per heavy atom. The summed E-state index contributed by atoms with van der Waals surface area (Å²) >= 11 is 0. The number of unbranched alkanes of at least 4 members (excludes halogenated alkanes) is 9. The average molecular weight is 486 g/mol. The Hall–Kier alpha value is -0.950. The summed E-state index contributed by atoms with van der Waals surface area (Å²) in [5, 5.41) is 0. The van der Waals surface area contributed by atoms with Crippen LogP contribution in [0.1, 0.15) is 134 Å². The fraction of sp³-hybridized carbons (Fsp3) is 0.778. The molecule has 194 valence electrons. The second kappa shape index (κ2) is 17.5. The van der Waals surface area contributed by atoms with Gasteiger partial charge in [0, 0.05) is 5.54 Å². The van der Waals surface area contributed by atoms with Gasteiger partial charge in [-0.1, -0.05) is 111 Å². The third-order valence-electron chi connectivity index (χ3n) is 6.76. The molecule has 0 aliphatic carbocycles. The van der Waals surface area contributed by atoms with E-state index in [4.69, 9.17) is 23.3 Å². The number of benzene rings is 1. The van der Waals surface area contributed by atoms with Crippen molar-refractivity contribution in [2.45, 2.75) is 136 Å². The van der Waals surface area contributed by atoms with Crippen molar-refractivity contribution in [3.63, 3.8) is 0 Å². The normalized spacial score (nSPS) is 13.3. The van der Waals surface area contributed by atoms with Crippen LogP contribution in [0.25, 0.3) is 0 Å². The van der Waals surface area contributed by atoms with Gasteiger partial charge in [-0.15, -0.1) is 0 Å². The highest BCUT2D eigenvalue weighted by Crippen LogP contribution is 2.34. The summed E-state index contributed by atoms with van der Waals surface area (Å²) in [5.41, 5.74) is 12.9. The number of rotatable bonds is 16. The van der Waals surface area contributed by atoms with Gasteiger partial charge in [0.25, 0.3) is 0 Å². The van der Waals surface area contributed by atoms with Crippen LogP contribution in [0.4, 0.5) is 0 Å². The van der Waals surface area contributed by atoms with Crippen molar-refractivity contribution < 1.29 is 17.5 Å². The van der Waals surface area contributed by atoms with Gasteiger partial charge in [0.15, 0.2) is 0 Å². The zero-order chi connectivity index (χ0) is 25.3. The first kappa shape index (κ1) is 32.0. The van der Waals surface area contributed by atoms with Crippen LogP contribution in [0, 0.1) is 0 Å². The van der Waals surface area contributed by atoms with E-state index in [9.17, 15) is 0 Å². The fourth-order valence-corrected chi connectivity index (χ4v) is 4.81. The van der Waals surface area contributed by atoms with Crippen LogP contribution in [0.15, 0.2) is 12.1 Å². The van der Waals surface area contributed by atoms with Gasteiger partial charge in [0.2, 0.25) is 0 Å². The lowest BCUT2D eigenvalue weighted by atomic mass is 9.77. The van der Waals surface area contributed by atoms with E-state index in [2.05, 4.69) is 46.8 Å². The molecule has 0 aromatic heterocycles. The monoisotopic (exact) mass is 485 g/mol. The summed E-state index contributed by atoms with van der Waals surface area (Å²) in [4.78, 5) is 0. The van der Waals surface area contributed by atoms with Gasteiger partial charge in [-0.25, -0.2) is 0 Å². The summed E-state index contributed by atoms with van der Waals surface area (Å²) < 4.78 is 31.6. The van der Waals surface area contributed by atoms with Crippen molar-refractivity contribution in [1.29, 1.82) is 0 Å². The maximum Gasteiger partial charge on any atom is 0.394 e. The predicted molar refractivity (Wildman–Crippen MR) is 141 cm³/mol. The number of nitrogens with two attached hydrogens (primary N) is 1. The molecule has 5 nitrogen and oxygen atoms in total. The Bertz CT molecular complexity index is 741. The largest absolute Gasteiger partial charge is 0.394 e. The molecule has 1 aromatic rings. The van der Waals surface area contributed by atoms with Crippen molar-refractivity contribution >= 4 is 10.4 Å². The minimum Gasteiger partial charge on any atom is -0.321 e. The van der Waals surface area contributed by atoms with Gasteiger partial charge >= 0.3 is 10.4 Å². The first-order chi connectivity index (χ1) is 15.6. The molecule has 1 aromatic carbocycles. The van der Waals surface area contributed by atoms with Crippen molar-refractivity contribution in [2.75, 3.05) is 0 Å². The lowest BCUT2D eigenvalue weighted by Crippen LogP contribution is -2.37. The summed E-state index contributed by atoms with van der Waals surface area (Å²) in [6, 6.07) is 4.71. The molecule has 4 N–H and O–H groups in total. The van der Waals surface area contributed by atoms with Gasteiger partial charge < -0.3 is 5.73 Å². The van der Waals surface area contributed by atoms with Gasteiger partial charge in [-0.2, -0.15) is 8.42 Å². The quantitative estimate of drug-likeness (QED) is 0.165. The molecule has 0 radical (unpaired) electrons. The number of hydrogen-bond donors (Lipinski definition) is 3. The van der Waals surface area contributed by atoms with Gasteiger partial charge in [-0.05, 0) is 54.4 Å². The highest BCUT2D eigenvalue weighted by molar-refractivity contribution is 7.79. The van der Waals surface area contributed by atoms with Crippen molar-refractivity contribution in [2.24, 2.45) is 5.73 Å². The molecular weight excluding hydrogens is 434 g/mol. The predicted octanol–water partition coefficient (Wildman–Crippen LogP) is 7.60. The molecule has 33 heavy (non-hydrogen) atoms. The van der Waals surface area contributed by atoms with Crippen LogP contribution in [-0.2, 0) is 35.2 Å². The van der Waals surface area contributed by atoms with E-state index in [1.165, 1.54) is 75.3 Å². The first-order valence-corrected chi connectivity index (χ1v) is 14.6. The molecule has 1 rings (SSSR count). The Morgan fingerprint density at radius 2 is 1.18 bits per heavy atom. The second-order valence-corrected chi connectivity index (χ2v) is 10.1. The van der Waals surface area contributed by atoms with E-state index < -0.39 is 10.4 Å². The fourth-order valence-electron chi connectivity index (χ4n) is 4.81. The number of aryl methyl sites for hydroxylation is 1. The molecule has 0 saturated heterocycles. The molecule has 6 heteroatoms. The van der Waals surface area contributed by atoms with E-state index in [0.717, 1.165) is 32.1 Å². The summed E-state index contributed by atoms with van der Waals surface area (Å²) in [5.74, 6) is 0. The molecule has 0 bridgehead atoms. The molecule has 0 aliphatic rings. The van der Waals surface area contributed by atoms with Crippen LogP contribution >= 0.6 is 0 Å². The van der Waals surface area contributed by atoms with Gasteiger partial charge in [0.05, 0.1) is 0 Å². The van der Waals surface area contributed by atoms with Gasteiger partial charge in [-0.3, -0.25) is 9.11 Å². The van der Waals surface area contributed by atoms with E-state index in [1.807, 2.05) is 0 Å². The van der Waals surface area contributed by atoms with Crippen LogP contribution in [-0.4, -0.2) is 17.5 Å². The summed E-state index contributed by atoms with van der Waals surface area (Å²) in [6.07, 6.45) is 19.4. The molecular formula is C27H51NO4S. The summed E-state index contributed by atoms with van der Waals surface area (Å²) in [7, 11) is -4.67. The van der Waals surface area contributed by atoms with E-state index in [0.29, 0.717) is 0 Å². The van der Waals surface area contributed by atoms with Crippen molar-refractivity contribution in [3.05, 3.63) is 34.4 Å². The Labute approximate surface area is 204 Å². The first-order valence-electron chi connectivity index (χ1n) is 13.2. The summed E-state index contributed by atoms with van der Waals surface area (Å²) in [6.45, 7) is 11.4. The molecule has 0 saturated carbocycles. The lowest BCUT2D eigenvalue weighted by Gasteiger charge is -2.33. The van der Waals surface area contributed by atoms with Crippen LogP contribution in [0.3, 0.4) is 0 Å². The maximum atomic E-state index is 8.74. The van der Waals surface area contributed by atoms with E-state index in [1.54, 1.807) is 11.1 Å². The Balaban J connectivity index is 0.00000184. The third-order valence-corrected chi connectivity index (χ3v) is 6.76.